The third-order valence-corrected chi connectivity index (χ3v) is 3.01. The van der Waals surface area contributed by atoms with Gasteiger partial charge in [-0.1, -0.05) is 45.4 Å². The lowest BCUT2D eigenvalue weighted by atomic mass is 9.82. The van der Waals surface area contributed by atoms with Crippen LogP contribution >= 0.6 is 0 Å². The van der Waals surface area contributed by atoms with Gasteiger partial charge in [0.05, 0.1) is 0 Å². The van der Waals surface area contributed by atoms with E-state index in [1.165, 1.54) is 6.92 Å². The molecule has 1 aliphatic carbocycles. The highest BCUT2D eigenvalue weighted by Crippen LogP contribution is 2.38. The molecule has 0 N–H and O–H groups in total. The fourth-order valence-electron chi connectivity index (χ4n) is 1.99. The molecule has 0 heterocycles. The van der Waals surface area contributed by atoms with Crippen molar-refractivity contribution in [2.75, 3.05) is 0 Å². The van der Waals surface area contributed by atoms with Crippen LogP contribution in [-0.4, -0.2) is 5.92 Å². The van der Waals surface area contributed by atoms with Crippen molar-refractivity contribution >= 4 is 0 Å². The minimum Gasteiger partial charge on any atom is -0.201 e. The lowest BCUT2D eigenvalue weighted by Crippen LogP contribution is -2.22. The Labute approximate surface area is 91.1 Å². The molecule has 1 aliphatic rings. The third kappa shape index (κ3) is 2.67. The van der Waals surface area contributed by atoms with Crippen LogP contribution in [0, 0.1) is 11.8 Å². The minimum atomic E-state index is -2.66. The maximum Gasteiger partial charge on any atom is 0.272 e. The Kier molecular flexibility index (Phi) is 3.69. The van der Waals surface area contributed by atoms with Gasteiger partial charge in [0.2, 0.25) is 0 Å². The Bertz CT molecular complexity index is 285. The van der Waals surface area contributed by atoms with Gasteiger partial charge in [-0.3, -0.25) is 0 Å². The largest absolute Gasteiger partial charge is 0.272 e. The molecule has 0 aliphatic heterocycles. The lowest BCUT2D eigenvalue weighted by Gasteiger charge is -2.27. The van der Waals surface area contributed by atoms with E-state index in [1.54, 1.807) is 6.08 Å². The molecule has 0 aromatic carbocycles. The molecule has 1 rings (SSSR count). The highest BCUT2D eigenvalue weighted by molar-refractivity contribution is 5.36. The van der Waals surface area contributed by atoms with Crippen molar-refractivity contribution < 1.29 is 8.78 Å². The van der Waals surface area contributed by atoms with Gasteiger partial charge in [-0.25, -0.2) is 8.78 Å². The smallest absolute Gasteiger partial charge is 0.201 e. The maximum absolute atomic E-state index is 13.7. The summed E-state index contributed by atoms with van der Waals surface area (Å²) in [6, 6.07) is 0. The Morgan fingerprint density at radius 2 is 2.07 bits per heavy atom. The molecule has 86 valence electrons. The quantitative estimate of drug-likeness (QED) is 0.645. The summed E-state index contributed by atoms with van der Waals surface area (Å²) in [5.41, 5.74) is 1.19. The van der Waals surface area contributed by atoms with E-state index in [2.05, 4.69) is 6.92 Å². The van der Waals surface area contributed by atoms with Gasteiger partial charge >= 0.3 is 0 Å². The molecule has 15 heavy (non-hydrogen) atoms. The van der Waals surface area contributed by atoms with E-state index in [-0.39, 0.29) is 17.9 Å². The molecule has 0 bridgehead atoms. The molecular formula is C13H20F2. The van der Waals surface area contributed by atoms with Gasteiger partial charge in [-0.05, 0) is 18.3 Å². The Hall–Kier alpha value is -0.660. The van der Waals surface area contributed by atoms with Crippen molar-refractivity contribution in [3.63, 3.8) is 0 Å². The summed E-state index contributed by atoms with van der Waals surface area (Å²) >= 11 is 0. The SMILES string of the molecule is CCC(F)(F)C1=C(C(C)C)CC(C)C=C1. The molecule has 2 heteroatoms. The van der Waals surface area contributed by atoms with Crippen molar-refractivity contribution in [1.29, 1.82) is 0 Å². The molecule has 0 aromatic rings. The molecule has 0 aromatic heterocycles. The second-order valence-electron chi connectivity index (χ2n) is 4.69. The number of hydrogen-bond acceptors (Lipinski definition) is 0. The van der Waals surface area contributed by atoms with E-state index >= 15 is 0 Å². The van der Waals surface area contributed by atoms with Crippen molar-refractivity contribution in [3.05, 3.63) is 23.3 Å². The zero-order chi connectivity index (χ0) is 11.6. The molecule has 0 saturated heterocycles. The van der Waals surface area contributed by atoms with Gasteiger partial charge in [0.1, 0.15) is 0 Å². The fraction of sp³-hybridized carbons (Fsp3) is 0.692. The van der Waals surface area contributed by atoms with Gasteiger partial charge in [-0.15, -0.1) is 0 Å². The predicted molar refractivity (Wildman–Crippen MR) is 60.0 cm³/mol. The zero-order valence-electron chi connectivity index (χ0n) is 9.98. The van der Waals surface area contributed by atoms with Crippen LogP contribution in [0.4, 0.5) is 8.78 Å². The normalized spacial score (nSPS) is 22.7. The van der Waals surface area contributed by atoms with Crippen LogP contribution in [-0.2, 0) is 0 Å². The maximum atomic E-state index is 13.7. The van der Waals surface area contributed by atoms with E-state index in [9.17, 15) is 8.78 Å². The van der Waals surface area contributed by atoms with E-state index in [0.29, 0.717) is 5.92 Å². The number of halogens is 2. The first-order valence-electron chi connectivity index (χ1n) is 5.68. The zero-order valence-corrected chi connectivity index (χ0v) is 9.98. The monoisotopic (exact) mass is 214 g/mol. The summed E-state index contributed by atoms with van der Waals surface area (Å²) in [5, 5.41) is 0. The summed E-state index contributed by atoms with van der Waals surface area (Å²) in [6.45, 7) is 7.59. The van der Waals surface area contributed by atoms with E-state index in [4.69, 9.17) is 0 Å². The number of rotatable bonds is 3. The summed E-state index contributed by atoms with van der Waals surface area (Å²) in [7, 11) is 0. The first-order chi connectivity index (χ1) is 6.88. The van der Waals surface area contributed by atoms with Gasteiger partial charge < -0.3 is 0 Å². The first-order valence-corrected chi connectivity index (χ1v) is 5.68. The van der Waals surface area contributed by atoms with Crippen LogP contribution in [0.1, 0.15) is 40.5 Å². The van der Waals surface area contributed by atoms with Crippen molar-refractivity contribution in [1.82, 2.24) is 0 Å². The Morgan fingerprint density at radius 3 is 2.53 bits per heavy atom. The van der Waals surface area contributed by atoms with Crippen LogP contribution in [0.3, 0.4) is 0 Å². The van der Waals surface area contributed by atoms with Crippen molar-refractivity contribution in [3.8, 4) is 0 Å². The van der Waals surface area contributed by atoms with Crippen molar-refractivity contribution in [2.24, 2.45) is 11.8 Å². The van der Waals surface area contributed by atoms with Crippen LogP contribution in [0.25, 0.3) is 0 Å². The van der Waals surface area contributed by atoms with E-state index in [1.807, 2.05) is 19.9 Å². The fourth-order valence-corrected chi connectivity index (χ4v) is 1.99. The molecular weight excluding hydrogens is 194 g/mol. The lowest BCUT2D eigenvalue weighted by molar-refractivity contribution is 0.0389. The molecule has 0 amide bonds. The molecule has 0 saturated carbocycles. The summed E-state index contributed by atoms with van der Waals surface area (Å²) in [4.78, 5) is 0. The van der Waals surface area contributed by atoms with E-state index < -0.39 is 5.92 Å². The van der Waals surface area contributed by atoms with Crippen LogP contribution in [0.5, 0.6) is 0 Å². The molecule has 0 spiro atoms. The topological polar surface area (TPSA) is 0 Å². The molecule has 1 unspecified atom stereocenters. The second-order valence-corrected chi connectivity index (χ2v) is 4.69. The average Bonchev–Trinajstić information content (AvgIpc) is 2.17. The number of allylic oxidation sites excluding steroid dienone is 4. The van der Waals surface area contributed by atoms with Gasteiger partial charge in [0, 0.05) is 12.0 Å². The highest BCUT2D eigenvalue weighted by Gasteiger charge is 2.34. The highest BCUT2D eigenvalue weighted by atomic mass is 19.3. The summed E-state index contributed by atoms with van der Waals surface area (Å²) in [5.74, 6) is -2.06. The number of hydrogen-bond donors (Lipinski definition) is 0. The van der Waals surface area contributed by atoms with Crippen LogP contribution < -0.4 is 0 Å². The third-order valence-electron chi connectivity index (χ3n) is 3.01. The van der Waals surface area contributed by atoms with Gasteiger partial charge in [-0.2, -0.15) is 0 Å². The van der Waals surface area contributed by atoms with Gasteiger partial charge in [0.15, 0.2) is 0 Å². The number of alkyl halides is 2. The summed E-state index contributed by atoms with van der Waals surface area (Å²) < 4.78 is 27.3. The Balaban J connectivity index is 3.10. The molecule has 0 radical (unpaired) electrons. The average molecular weight is 214 g/mol. The molecule has 0 nitrogen and oxygen atoms in total. The molecule has 0 fully saturated rings. The predicted octanol–water partition coefficient (Wildman–Crippen LogP) is 4.58. The Morgan fingerprint density at radius 1 is 1.47 bits per heavy atom. The first kappa shape index (κ1) is 12.4. The van der Waals surface area contributed by atoms with Crippen molar-refractivity contribution in [2.45, 2.75) is 46.5 Å². The van der Waals surface area contributed by atoms with E-state index in [0.717, 1.165) is 12.0 Å². The minimum absolute atomic E-state index is 0.114. The second kappa shape index (κ2) is 4.46. The summed E-state index contributed by atoms with van der Waals surface area (Å²) in [6.07, 6.45) is 4.19. The molecule has 1 atom stereocenters. The standard InChI is InChI=1S/C13H20F2/c1-5-13(14,15)12-7-6-10(4)8-11(12)9(2)3/h6-7,9-10H,5,8H2,1-4H3. The van der Waals surface area contributed by atoms with Crippen LogP contribution in [0.2, 0.25) is 0 Å². The van der Waals surface area contributed by atoms with Gasteiger partial charge in [0.25, 0.3) is 5.92 Å². The van der Waals surface area contributed by atoms with Crippen LogP contribution in [0.15, 0.2) is 23.3 Å².